The topological polar surface area (TPSA) is 95.6 Å². The van der Waals surface area contributed by atoms with E-state index in [0.29, 0.717) is 24.0 Å². The average Bonchev–Trinajstić information content (AvgIpc) is 3.11. The number of hydrogen-bond donors (Lipinski definition) is 2. The Morgan fingerprint density at radius 3 is 2.40 bits per heavy atom. The Balaban J connectivity index is 1.28. The van der Waals surface area contributed by atoms with E-state index in [1.54, 1.807) is 0 Å². The number of halogens is 3. The van der Waals surface area contributed by atoms with Crippen LogP contribution in [-0.2, 0) is 16.1 Å². The molecule has 4 amide bonds. The van der Waals surface area contributed by atoms with Crippen molar-refractivity contribution >= 4 is 23.6 Å². The van der Waals surface area contributed by atoms with Gasteiger partial charge in [0.15, 0.2) is 0 Å². The number of nitrogens with one attached hydrogen (secondary N) is 2. The van der Waals surface area contributed by atoms with Crippen molar-refractivity contribution in [2.24, 2.45) is 11.3 Å². The molecule has 0 radical (unpaired) electrons. The van der Waals surface area contributed by atoms with E-state index in [1.165, 1.54) is 23.1 Å². The van der Waals surface area contributed by atoms with Crippen LogP contribution in [0.25, 0.3) is 0 Å². The Kier molecular flexibility index (Phi) is 5.88. The minimum atomic E-state index is -4.56. The lowest BCUT2D eigenvalue weighted by atomic mass is 9.58. The van der Waals surface area contributed by atoms with Crippen LogP contribution >= 0.6 is 0 Å². The SMILES string of the molecule is O=C1CCC(N2Cc3cc(C(=O)N[C@H](C4CCC5(CCC5)CC4)C(F)(F)F)ccc3C2=O)C(=O)N1. The normalized spacial score (nSPS) is 25.2. The number of benzene rings is 1. The van der Waals surface area contributed by atoms with Crippen LogP contribution in [0.3, 0.4) is 0 Å². The molecule has 3 fully saturated rings. The molecule has 10 heteroatoms. The summed E-state index contributed by atoms with van der Waals surface area (Å²) in [5.41, 5.74) is 1.04. The van der Waals surface area contributed by atoms with Crippen LogP contribution in [0.2, 0.25) is 0 Å². The molecule has 0 aromatic heterocycles. The Morgan fingerprint density at radius 1 is 1.09 bits per heavy atom. The maximum atomic E-state index is 13.9. The highest BCUT2D eigenvalue weighted by Gasteiger charge is 2.49. The lowest BCUT2D eigenvalue weighted by Crippen LogP contribution is -2.52. The maximum absolute atomic E-state index is 13.9. The predicted octanol–water partition coefficient (Wildman–Crippen LogP) is 3.47. The quantitative estimate of drug-likeness (QED) is 0.631. The molecule has 1 aromatic rings. The third kappa shape index (κ3) is 4.43. The predicted molar refractivity (Wildman–Crippen MR) is 118 cm³/mol. The average molecular weight is 492 g/mol. The standard InChI is InChI=1S/C25H28F3N3O4/c26-25(27,28)20(14-6-10-24(11-7-14)8-1-9-24)30-21(33)15-2-3-17-16(12-15)13-31(23(17)35)18-4-5-19(32)29-22(18)34/h2-3,12,14,18,20H,1,4-11,13H2,(H,30,33)(H,29,32,34)/t18?,20-/m1/s1. The molecule has 5 rings (SSSR count). The molecule has 35 heavy (non-hydrogen) atoms. The van der Waals surface area contributed by atoms with Gasteiger partial charge in [-0.2, -0.15) is 13.2 Å². The first-order valence-electron chi connectivity index (χ1n) is 12.2. The van der Waals surface area contributed by atoms with E-state index in [4.69, 9.17) is 0 Å². The molecule has 2 N–H and O–H groups in total. The van der Waals surface area contributed by atoms with Gasteiger partial charge in [0, 0.05) is 24.1 Å². The Labute approximate surface area is 200 Å². The molecule has 4 aliphatic rings. The second-order valence-electron chi connectivity index (χ2n) is 10.5. The van der Waals surface area contributed by atoms with Crippen molar-refractivity contribution in [3.8, 4) is 0 Å². The van der Waals surface area contributed by atoms with Gasteiger partial charge in [0.05, 0.1) is 0 Å². The van der Waals surface area contributed by atoms with Crippen LogP contribution in [0.4, 0.5) is 13.2 Å². The Hall–Kier alpha value is -2.91. The molecule has 7 nitrogen and oxygen atoms in total. The molecule has 1 aromatic carbocycles. The largest absolute Gasteiger partial charge is 0.408 e. The fourth-order valence-electron chi connectivity index (χ4n) is 6.17. The highest BCUT2D eigenvalue weighted by Crippen LogP contribution is 2.53. The summed E-state index contributed by atoms with van der Waals surface area (Å²) < 4.78 is 41.8. The van der Waals surface area contributed by atoms with Crippen molar-refractivity contribution < 1.29 is 32.3 Å². The number of piperidine rings is 1. The molecule has 2 aliphatic carbocycles. The first kappa shape index (κ1) is 23.8. The number of rotatable bonds is 4. The van der Waals surface area contributed by atoms with Crippen molar-refractivity contribution in [2.45, 2.75) is 82.6 Å². The van der Waals surface area contributed by atoms with Crippen LogP contribution in [0.1, 0.15) is 84.1 Å². The molecular weight excluding hydrogens is 463 g/mol. The zero-order valence-electron chi connectivity index (χ0n) is 19.2. The number of nitrogens with zero attached hydrogens (tertiary/aromatic N) is 1. The van der Waals surface area contributed by atoms with Crippen molar-refractivity contribution in [3.05, 3.63) is 34.9 Å². The number of hydrogen-bond acceptors (Lipinski definition) is 4. The van der Waals surface area contributed by atoms with Crippen LogP contribution in [0.15, 0.2) is 18.2 Å². The van der Waals surface area contributed by atoms with Gasteiger partial charge in [0.1, 0.15) is 12.1 Å². The maximum Gasteiger partial charge on any atom is 0.408 e. The molecule has 1 spiro atoms. The van der Waals surface area contributed by atoms with Gasteiger partial charge in [0.25, 0.3) is 11.8 Å². The summed E-state index contributed by atoms with van der Waals surface area (Å²) in [4.78, 5) is 50.6. The van der Waals surface area contributed by atoms with Crippen LogP contribution in [-0.4, -0.2) is 46.8 Å². The van der Waals surface area contributed by atoms with Gasteiger partial charge in [-0.25, -0.2) is 0 Å². The minimum Gasteiger partial charge on any atom is -0.340 e. The third-order valence-corrected chi connectivity index (χ3v) is 8.40. The number of carbonyl (C=O) groups excluding carboxylic acids is 4. The van der Waals surface area contributed by atoms with Crippen molar-refractivity contribution in [2.75, 3.05) is 0 Å². The summed E-state index contributed by atoms with van der Waals surface area (Å²) in [6.45, 7) is 0.0506. The second-order valence-corrected chi connectivity index (χ2v) is 10.5. The van der Waals surface area contributed by atoms with E-state index in [9.17, 15) is 32.3 Å². The first-order valence-corrected chi connectivity index (χ1v) is 12.2. The summed E-state index contributed by atoms with van der Waals surface area (Å²) >= 11 is 0. The summed E-state index contributed by atoms with van der Waals surface area (Å²) in [6.07, 6.45) is 1.53. The van der Waals surface area contributed by atoms with Crippen molar-refractivity contribution in [3.63, 3.8) is 0 Å². The monoisotopic (exact) mass is 491 g/mol. The zero-order chi connectivity index (χ0) is 25.0. The first-order chi connectivity index (χ1) is 16.6. The summed E-state index contributed by atoms with van der Waals surface area (Å²) in [7, 11) is 0. The van der Waals surface area contributed by atoms with Gasteiger partial charge in [-0.3, -0.25) is 24.5 Å². The van der Waals surface area contributed by atoms with Crippen LogP contribution in [0.5, 0.6) is 0 Å². The van der Waals surface area contributed by atoms with Gasteiger partial charge in [0.2, 0.25) is 11.8 Å². The number of carbonyl (C=O) groups is 4. The summed E-state index contributed by atoms with van der Waals surface area (Å²) in [6, 6.07) is 1.47. The highest BCUT2D eigenvalue weighted by molar-refractivity contribution is 6.06. The van der Waals surface area contributed by atoms with Gasteiger partial charge in [-0.05, 0) is 80.0 Å². The lowest BCUT2D eigenvalue weighted by molar-refractivity contribution is -0.170. The number of imide groups is 1. The van der Waals surface area contributed by atoms with E-state index in [1.807, 2.05) is 0 Å². The Morgan fingerprint density at radius 2 is 1.80 bits per heavy atom. The molecule has 1 unspecified atom stereocenters. The number of fused-ring (bicyclic) bond motifs is 1. The van der Waals surface area contributed by atoms with E-state index in [0.717, 1.165) is 32.1 Å². The molecule has 2 atom stereocenters. The van der Waals surface area contributed by atoms with Gasteiger partial charge in [-0.15, -0.1) is 0 Å². The molecular formula is C25H28F3N3O4. The molecule has 2 saturated carbocycles. The fraction of sp³-hybridized carbons (Fsp3) is 0.600. The van der Waals surface area contributed by atoms with Gasteiger partial charge >= 0.3 is 6.18 Å². The van der Waals surface area contributed by atoms with Crippen molar-refractivity contribution in [1.29, 1.82) is 0 Å². The number of amides is 4. The smallest absolute Gasteiger partial charge is 0.340 e. The summed E-state index contributed by atoms with van der Waals surface area (Å²) in [5.74, 6) is -2.82. The number of alkyl halides is 3. The Bertz CT molecular complexity index is 1070. The fourth-order valence-corrected chi connectivity index (χ4v) is 6.17. The molecule has 0 bridgehead atoms. The van der Waals surface area contributed by atoms with Crippen molar-refractivity contribution in [1.82, 2.24) is 15.5 Å². The third-order valence-electron chi connectivity index (χ3n) is 8.40. The van der Waals surface area contributed by atoms with Crippen LogP contribution in [0, 0.1) is 11.3 Å². The molecule has 188 valence electrons. The lowest BCUT2D eigenvalue weighted by Gasteiger charge is -2.48. The molecule has 1 saturated heterocycles. The second kappa shape index (κ2) is 8.64. The highest BCUT2D eigenvalue weighted by atomic mass is 19.4. The van der Waals surface area contributed by atoms with E-state index < -0.39 is 47.8 Å². The van der Waals surface area contributed by atoms with Gasteiger partial charge in [-0.1, -0.05) is 6.42 Å². The zero-order valence-corrected chi connectivity index (χ0v) is 19.2. The molecule has 2 heterocycles. The van der Waals surface area contributed by atoms with E-state index in [2.05, 4.69) is 10.6 Å². The van der Waals surface area contributed by atoms with Gasteiger partial charge < -0.3 is 10.2 Å². The minimum absolute atomic E-state index is 0.0437. The summed E-state index contributed by atoms with van der Waals surface area (Å²) in [5, 5.41) is 4.45. The van der Waals surface area contributed by atoms with E-state index in [-0.39, 0.29) is 30.4 Å². The van der Waals surface area contributed by atoms with Crippen LogP contribution < -0.4 is 10.6 Å². The van der Waals surface area contributed by atoms with E-state index >= 15 is 0 Å². The molecule has 2 aliphatic heterocycles.